The summed E-state index contributed by atoms with van der Waals surface area (Å²) in [5, 5.41) is 4.20. The van der Waals surface area contributed by atoms with Crippen LogP contribution in [0.4, 0.5) is 11.5 Å². The molecular weight excluding hydrogens is 330 g/mol. The van der Waals surface area contributed by atoms with Crippen molar-refractivity contribution in [2.24, 2.45) is 5.73 Å². The molecule has 0 spiro atoms. The van der Waals surface area contributed by atoms with E-state index in [-0.39, 0.29) is 12.1 Å². The Labute approximate surface area is 149 Å². The molecule has 7 nitrogen and oxygen atoms in total. The molecule has 1 aromatic carbocycles. The first kappa shape index (κ1) is 16.0. The molecule has 0 aliphatic heterocycles. The fraction of sp³-hybridized carbons (Fsp3) is 0.105. The van der Waals surface area contributed by atoms with E-state index < -0.39 is 0 Å². The van der Waals surface area contributed by atoms with E-state index >= 15 is 0 Å². The van der Waals surface area contributed by atoms with Crippen molar-refractivity contribution in [1.29, 1.82) is 0 Å². The van der Waals surface area contributed by atoms with E-state index in [0.29, 0.717) is 22.8 Å². The van der Waals surface area contributed by atoms with Crippen LogP contribution in [0.1, 0.15) is 5.56 Å². The van der Waals surface area contributed by atoms with Crippen LogP contribution < -0.4 is 21.3 Å². The summed E-state index contributed by atoms with van der Waals surface area (Å²) in [6.45, 7) is 0.0729. The van der Waals surface area contributed by atoms with E-state index in [1.807, 2.05) is 30.3 Å². The van der Waals surface area contributed by atoms with Gasteiger partial charge >= 0.3 is 0 Å². The number of fused-ring (bicyclic) bond motifs is 2. The average molecular weight is 347 g/mol. The van der Waals surface area contributed by atoms with Gasteiger partial charge in [0.25, 0.3) is 5.56 Å². The molecule has 0 atom stereocenters. The van der Waals surface area contributed by atoms with Gasteiger partial charge in [-0.2, -0.15) is 0 Å². The van der Waals surface area contributed by atoms with E-state index in [2.05, 4.69) is 15.3 Å². The Morgan fingerprint density at radius 3 is 2.92 bits per heavy atom. The minimum Gasteiger partial charge on any atom is -0.493 e. The lowest BCUT2D eigenvalue weighted by Crippen LogP contribution is -2.24. The van der Waals surface area contributed by atoms with Crippen LogP contribution in [-0.4, -0.2) is 21.5 Å². The van der Waals surface area contributed by atoms with Crippen LogP contribution in [0.5, 0.6) is 5.75 Å². The Morgan fingerprint density at radius 1 is 1.23 bits per heavy atom. The summed E-state index contributed by atoms with van der Waals surface area (Å²) in [6, 6.07) is 13.1. The second kappa shape index (κ2) is 6.45. The Hall–Kier alpha value is -3.45. The molecule has 0 saturated carbocycles. The zero-order valence-corrected chi connectivity index (χ0v) is 14.1. The highest BCUT2D eigenvalue weighted by Crippen LogP contribution is 2.24. The van der Waals surface area contributed by atoms with E-state index in [1.165, 1.54) is 4.40 Å². The van der Waals surface area contributed by atoms with Crippen molar-refractivity contribution in [2.45, 2.75) is 6.54 Å². The first-order chi connectivity index (χ1) is 12.7. The molecule has 0 saturated heterocycles. The molecular formula is C19H17N5O2. The van der Waals surface area contributed by atoms with E-state index in [0.717, 1.165) is 16.6 Å². The lowest BCUT2D eigenvalue weighted by atomic mass is 10.2. The topological polar surface area (TPSA) is 94.5 Å². The van der Waals surface area contributed by atoms with Crippen molar-refractivity contribution in [3.63, 3.8) is 0 Å². The lowest BCUT2D eigenvalue weighted by Gasteiger charge is -2.13. The highest BCUT2D eigenvalue weighted by atomic mass is 16.5. The predicted octanol–water partition coefficient (Wildman–Crippen LogP) is 2.45. The van der Waals surface area contributed by atoms with Crippen molar-refractivity contribution >= 4 is 28.1 Å². The molecule has 7 heteroatoms. The number of rotatable bonds is 4. The number of hydrogen-bond acceptors (Lipinski definition) is 6. The molecule has 130 valence electrons. The third-order valence-corrected chi connectivity index (χ3v) is 4.20. The first-order valence-corrected chi connectivity index (χ1v) is 8.11. The Morgan fingerprint density at radius 2 is 2.12 bits per heavy atom. The Bertz CT molecular complexity index is 1170. The summed E-state index contributed by atoms with van der Waals surface area (Å²) in [5.74, 6) is 0.934. The largest absolute Gasteiger partial charge is 0.493 e. The van der Waals surface area contributed by atoms with Crippen molar-refractivity contribution in [1.82, 2.24) is 14.4 Å². The van der Waals surface area contributed by atoms with Crippen molar-refractivity contribution in [3.8, 4) is 5.75 Å². The van der Waals surface area contributed by atoms with E-state index in [4.69, 9.17) is 10.5 Å². The van der Waals surface area contributed by atoms with Gasteiger partial charge in [-0.25, -0.2) is 4.98 Å². The number of hydrogen-bond donors (Lipinski definition) is 2. The average Bonchev–Trinajstić information content (AvgIpc) is 2.68. The molecule has 4 rings (SSSR count). The summed E-state index contributed by atoms with van der Waals surface area (Å²) in [4.78, 5) is 21.7. The molecule has 3 N–H and O–H groups in total. The second-order valence-electron chi connectivity index (χ2n) is 5.75. The maximum atomic E-state index is 12.8. The predicted molar refractivity (Wildman–Crippen MR) is 101 cm³/mol. The van der Waals surface area contributed by atoms with Gasteiger partial charge in [0.05, 0.1) is 18.2 Å². The quantitative estimate of drug-likeness (QED) is 0.589. The van der Waals surface area contributed by atoms with Gasteiger partial charge in [0, 0.05) is 30.0 Å². The molecule has 0 radical (unpaired) electrons. The van der Waals surface area contributed by atoms with Gasteiger partial charge in [-0.1, -0.05) is 6.07 Å². The van der Waals surface area contributed by atoms with Gasteiger partial charge in [-0.05, 0) is 36.4 Å². The number of methoxy groups -OCH3 is 1. The van der Waals surface area contributed by atoms with Crippen LogP contribution >= 0.6 is 0 Å². The number of pyridine rings is 2. The SMILES string of the molecule is COc1cccn2c(=O)c(CN)c(Nc3ccc4ncccc4c3)nc12. The standard InChI is InChI=1S/C19H17N5O2/c1-26-16-5-3-9-24-18(16)23-17(14(11-20)19(24)25)22-13-6-7-15-12(10-13)4-2-8-21-15/h2-10,22H,11,20H2,1H3. The molecule has 0 fully saturated rings. The number of nitrogens with one attached hydrogen (secondary N) is 1. The van der Waals surface area contributed by atoms with Gasteiger partial charge < -0.3 is 15.8 Å². The number of aromatic nitrogens is 3. The van der Waals surface area contributed by atoms with Crippen LogP contribution in [0.15, 0.2) is 59.7 Å². The molecule has 3 heterocycles. The number of nitrogens with two attached hydrogens (primary N) is 1. The van der Waals surface area contributed by atoms with Crippen LogP contribution in [0.2, 0.25) is 0 Å². The molecule has 0 aliphatic rings. The number of nitrogens with zero attached hydrogens (tertiary/aromatic N) is 3. The Kier molecular flexibility index (Phi) is 3.98. The highest BCUT2D eigenvalue weighted by molar-refractivity contribution is 5.83. The summed E-state index contributed by atoms with van der Waals surface area (Å²) in [6.07, 6.45) is 3.40. The summed E-state index contributed by atoms with van der Waals surface area (Å²) in [7, 11) is 1.54. The maximum absolute atomic E-state index is 12.8. The Balaban J connectivity index is 1.87. The monoisotopic (exact) mass is 347 g/mol. The zero-order valence-electron chi connectivity index (χ0n) is 14.1. The number of anilines is 2. The van der Waals surface area contributed by atoms with E-state index in [1.54, 1.807) is 31.6 Å². The normalized spacial score (nSPS) is 11.0. The third kappa shape index (κ3) is 2.64. The van der Waals surface area contributed by atoms with Gasteiger partial charge in [0.15, 0.2) is 11.4 Å². The zero-order chi connectivity index (χ0) is 18.1. The molecule has 0 aliphatic carbocycles. The minimum absolute atomic E-state index is 0.0729. The summed E-state index contributed by atoms with van der Waals surface area (Å²) < 4.78 is 6.77. The minimum atomic E-state index is -0.221. The molecule has 4 aromatic rings. The van der Waals surface area contributed by atoms with Crippen molar-refractivity contribution < 1.29 is 4.74 Å². The van der Waals surface area contributed by atoms with E-state index in [9.17, 15) is 4.79 Å². The van der Waals surface area contributed by atoms with Gasteiger partial charge in [0.2, 0.25) is 0 Å². The van der Waals surface area contributed by atoms with Crippen LogP contribution in [0.25, 0.3) is 16.6 Å². The number of benzene rings is 1. The highest BCUT2D eigenvalue weighted by Gasteiger charge is 2.14. The molecule has 0 amide bonds. The van der Waals surface area contributed by atoms with Gasteiger partial charge in [-0.15, -0.1) is 0 Å². The molecule has 0 bridgehead atoms. The fourth-order valence-corrected chi connectivity index (χ4v) is 2.91. The summed E-state index contributed by atoms with van der Waals surface area (Å²) in [5.41, 5.74) is 8.13. The van der Waals surface area contributed by atoms with Crippen LogP contribution in [-0.2, 0) is 6.54 Å². The third-order valence-electron chi connectivity index (χ3n) is 4.20. The lowest BCUT2D eigenvalue weighted by molar-refractivity contribution is 0.416. The van der Waals surface area contributed by atoms with Gasteiger partial charge in [-0.3, -0.25) is 14.2 Å². The first-order valence-electron chi connectivity index (χ1n) is 8.11. The number of ether oxygens (including phenoxy) is 1. The molecule has 3 aromatic heterocycles. The second-order valence-corrected chi connectivity index (χ2v) is 5.75. The van der Waals surface area contributed by atoms with Crippen LogP contribution in [0, 0.1) is 0 Å². The summed E-state index contributed by atoms with van der Waals surface area (Å²) >= 11 is 0. The van der Waals surface area contributed by atoms with Crippen molar-refractivity contribution in [2.75, 3.05) is 12.4 Å². The smallest absolute Gasteiger partial charge is 0.264 e. The van der Waals surface area contributed by atoms with Crippen molar-refractivity contribution in [3.05, 3.63) is 70.8 Å². The maximum Gasteiger partial charge on any atom is 0.264 e. The van der Waals surface area contributed by atoms with Crippen LogP contribution in [0.3, 0.4) is 0 Å². The van der Waals surface area contributed by atoms with Gasteiger partial charge in [0.1, 0.15) is 5.82 Å². The molecule has 0 unspecified atom stereocenters. The fourth-order valence-electron chi connectivity index (χ4n) is 2.91. The molecule has 26 heavy (non-hydrogen) atoms.